The van der Waals surface area contributed by atoms with Gasteiger partial charge in [-0.3, -0.25) is 14.5 Å². The van der Waals surface area contributed by atoms with Gasteiger partial charge in [0.1, 0.15) is 0 Å². The largest absolute Gasteiger partial charge is 0.341 e. The van der Waals surface area contributed by atoms with Gasteiger partial charge in [0.25, 0.3) is 0 Å². The zero-order valence-electron chi connectivity index (χ0n) is 13.8. The van der Waals surface area contributed by atoms with E-state index < -0.39 is 0 Å². The lowest BCUT2D eigenvalue weighted by Crippen LogP contribution is -2.54. The molecule has 3 aliphatic rings. The van der Waals surface area contributed by atoms with Gasteiger partial charge in [0.15, 0.2) is 0 Å². The van der Waals surface area contributed by atoms with Gasteiger partial charge in [-0.15, -0.1) is 0 Å². The van der Waals surface area contributed by atoms with Crippen molar-refractivity contribution in [2.24, 2.45) is 5.92 Å². The molecule has 124 valence electrons. The summed E-state index contributed by atoms with van der Waals surface area (Å²) in [4.78, 5) is 30.8. The minimum Gasteiger partial charge on any atom is -0.341 e. The molecule has 22 heavy (non-hydrogen) atoms. The van der Waals surface area contributed by atoms with Gasteiger partial charge in [-0.25, -0.2) is 0 Å². The van der Waals surface area contributed by atoms with Crippen LogP contribution < -0.4 is 0 Å². The molecule has 0 N–H and O–H groups in total. The Hall–Kier alpha value is -1.10. The van der Waals surface area contributed by atoms with Gasteiger partial charge in [0.2, 0.25) is 11.8 Å². The molecule has 0 aromatic carbocycles. The van der Waals surface area contributed by atoms with Crippen LogP contribution in [0.3, 0.4) is 0 Å². The summed E-state index contributed by atoms with van der Waals surface area (Å²) in [7, 11) is 0. The van der Waals surface area contributed by atoms with Crippen molar-refractivity contribution in [3.63, 3.8) is 0 Å². The molecule has 3 rings (SSSR count). The Morgan fingerprint density at radius 3 is 2.41 bits per heavy atom. The Morgan fingerprint density at radius 1 is 0.955 bits per heavy atom. The fourth-order valence-corrected chi connectivity index (χ4v) is 4.42. The zero-order chi connectivity index (χ0) is 15.5. The van der Waals surface area contributed by atoms with Crippen LogP contribution in [0.2, 0.25) is 0 Å². The third-order valence-electron chi connectivity index (χ3n) is 5.63. The molecule has 0 bridgehead atoms. The molecule has 3 heterocycles. The molecule has 0 unspecified atom stereocenters. The molecule has 0 saturated carbocycles. The molecule has 0 aromatic rings. The lowest BCUT2D eigenvalue weighted by molar-refractivity contribution is -0.138. The number of amides is 2. The molecule has 3 saturated heterocycles. The summed E-state index contributed by atoms with van der Waals surface area (Å²) >= 11 is 0. The molecule has 0 aliphatic carbocycles. The van der Waals surface area contributed by atoms with Gasteiger partial charge < -0.3 is 9.80 Å². The van der Waals surface area contributed by atoms with Crippen molar-refractivity contribution in [2.45, 2.75) is 51.5 Å². The van der Waals surface area contributed by atoms with Crippen LogP contribution in [0, 0.1) is 5.92 Å². The molecule has 5 nitrogen and oxygen atoms in total. The van der Waals surface area contributed by atoms with Crippen LogP contribution in [0.1, 0.15) is 45.4 Å². The molecule has 2 amide bonds. The Labute approximate surface area is 133 Å². The van der Waals surface area contributed by atoms with E-state index in [2.05, 4.69) is 14.7 Å². The predicted octanol–water partition coefficient (Wildman–Crippen LogP) is 1.33. The average molecular weight is 307 g/mol. The maximum absolute atomic E-state index is 12.5. The first-order chi connectivity index (χ1) is 10.6. The van der Waals surface area contributed by atoms with Gasteiger partial charge in [0, 0.05) is 32.6 Å². The van der Waals surface area contributed by atoms with E-state index in [1.807, 2.05) is 0 Å². The van der Waals surface area contributed by atoms with Gasteiger partial charge in [0.05, 0.1) is 6.54 Å². The summed E-state index contributed by atoms with van der Waals surface area (Å²) in [5.41, 5.74) is 0. The van der Waals surface area contributed by atoms with Gasteiger partial charge >= 0.3 is 0 Å². The third kappa shape index (κ3) is 3.45. The highest BCUT2D eigenvalue weighted by molar-refractivity contribution is 5.78. The normalized spacial score (nSPS) is 30.0. The maximum atomic E-state index is 12.5. The van der Waals surface area contributed by atoms with Crippen LogP contribution in [0.5, 0.6) is 0 Å². The van der Waals surface area contributed by atoms with E-state index >= 15 is 0 Å². The van der Waals surface area contributed by atoms with Crippen LogP contribution in [-0.2, 0) is 9.59 Å². The van der Waals surface area contributed by atoms with Crippen molar-refractivity contribution in [3.8, 4) is 0 Å². The third-order valence-corrected chi connectivity index (χ3v) is 5.63. The van der Waals surface area contributed by atoms with E-state index in [9.17, 15) is 9.59 Å². The number of piperidine rings is 1. The monoisotopic (exact) mass is 307 g/mol. The Kier molecular flexibility index (Phi) is 5.01. The van der Waals surface area contributed by atoms with Crippen LogP contribution >= 0.6 is 0 Å². The summed E-state index contributed by atoms with van der Waals surface area (Å²) in [6.07, 6.45) is 6.85. The SMILES string of the molecule is CC(=O)N1CCCC[C@@H]2CN(C(=O)CN3CCCC3)CC[C@H]21. The summed E-state index contributed by atoms with van der Waals surface area (Å²) in [6.45, 7) is 6.99. The molecule has 5 heteroatoms. The van der Waals surface area contributed by atoms with Crippen LogP contribution in [0.25, 0.3) is 0 Å². The maximum Gasteiger partial charge on any atom is 0.236 e. The standard InChI is InChI=1S/C17H29N3O2/c1-14(21)20-10-3-2-6-15-12-19(11-7-16(15)20)17(22)13-18-8-4-5-9-18/h15-16H,2-13H2,1H3/t15-,16-/m1/s1. The molecule has 0 radical (unpaired) electrons. The quantitative estimate of drug-likeness (QED) is 0.773. The fourth-order valence-electron chi connectivity index (χ4n) is 4.42. The summed E-state index contributed by atoms with van der Waals surface area (Å²) < 4.78 is 0. The summed E-state index contributed by atoms with van der Waals surface area (Å²) in [6, 6.07) is 0.357. The van der Waals surface area contributed by atoms with E-state index in [1.165, 1.54) is 19.3 Å². The first-order valence-electron chi connectivity index (χ1n) is 8.92. The Morgan fingerprint density at radius 2 is 1.68 bits per heavy atom. The van der Waals surface area contributed by atoms with Crippen molar-refractivity contribution < 1.29 is 9.59 Å². The van der Waals surface area contributed by atoms with Crippen molar-refractivity contribution >= 4 is 11.8 Å². The first kappa shape index (κ1) is 15.8. The van der Waals surface area contributed by atoms with Crippen molar-refractivity contribution in [1.29, 1.82) is 0 Å². The van der Waals surface area contributed by atoms with Crippen molar-refractivity contribution in [1.82, 2.24) is 14.7 Å². The van der Waals surface area contributed by atoms with Crippen molar-refractivity contribution in [2.75, 3.05) is 39.3 Å². The lowest BCUT2D eigenvalue weighted by Gasteiger charge is -2.42. The Bertz CT molecular complexity index is 420. The number of rotatable bonds is 2. The van der Waals surface area contributed by atoms with Gasteiger partial charge in [-0.05, 0) is 51.1 Å². The number of carbonyl (C=O) groups excluding carboxylic acids is 2. The van der Waals surface area contributed by atoms with Crippen LogP contribution in [-0.4, -0.2) is 71.8 Å². The highest BCUT2D eigenvalue weighted by Gasteiger charge is 2.37. The smallest absolute Gasteiger partial charge is 0.236 e. The van der Waals surface area contributed by atoms with Crippen molar-refractivity contribution in [3.05, 3.63) is 0 Å². The number of hydrogen-bond donors (Lipinski definition) is 0. The fraction of sp³-hybridized carbons (Fsp3) is 0.882. The molecule has 2 atom stereocenters. The molecule has 0 spiro atoms. The first-order valence-corrected chi connectivity index (χ1v) is 8.92. The van der Waals surface area contributed by atoms with E-state index in [4.69, 9.17) is 0 Å². The lowest BCUT2D eigenvalue weighted by atomic mass is 9.88. The second-order valence-electron chi connectivity index (χ2n) is 7.15. The number of hydrogen-bond acceptors (Lipinski definition) is 3. The van der Waals surface area contributed by atoms with E-state index in [1.54, 1.807) is 6.92 Å². The average Bonchev–Trinajstić information content (AvgIpc) is 2.90. The van der Waals surface area contributed by atoms with E-state index in [-0.39, 0.29) is 5.91 Å². The number of carbonyl (C=O) groups is 2. The number of nitrogens with zero attached hydrogens (tertiary/aromatic N) is 3. The van der Waals surface area contributed by atoms with Crippen LogP contribution in [0.4, 0.5) is 0 Å². The minimum atomic E-state index is 0.203. The van der Waals surface area contributed by atoms with Gasteiger partial charge in [-0.1, -0.05) is 6.42 Å². The molecule has 0 aromatic heterocycles. The zero-order valence-corrected chi connectivity index (χ0v) is 13.8. The second kappa shape index (κ2) is 6.99. The minimum absolute atomic E-state index is 0.203. The number of fused-ring (bicyclic) bond motifs is 1. The van der Waals surface area contributed by atoms with Crippen LogP contribution in [0.15, 0.2) is 0 Å². The van der Waals surface area contributed by atoms with E-state index in [0.29, 0.717) is 24.4 Å². The summed E-state index contributed by atoms with van der Waals surface area (Å²) in [5, 5.41) is 0. The molecule has 3 fully saturated rings. The summed E-state index contributed by atoms with van der Waals surface area (Å²) in [5.74, 6) is 0.968. The Balaban J connectivity index is 1.59. The highest BCUT2D eigenvalue weighted by atomic mass is 16.2. The highest BCUT2D eigenvalue weighted by Crippen LogP contribution is 2.30. The second-order valence-corrected chi connectivity index (χ2v) is 7.15. The number of likely N-dealkylation sites (tertiary alicyclic amines) is 3. The molecular weight excluding hydrogens is 278 g/mol. The molecular formula is C17H29N3O2. The van der Waals surface area contributed by atoms with Gasteiger partial charge in [-0.2, -0.15) is 0 Å². The topological polar surface area (TPSA) is 43.9 Å². The molecule has 3 aliphatic heterocycles. The van der Waals surface area contributed by atoms with E-state index in [0.717, 1.165) is 52.0 Å². The predicted molar refractivity (Wildman–Crippen MR) is 85.4 cm³/mol.